The number of ether oxygens (including phenoxy) is 2. The Hall–Kier alpha value is -1.46. The van der Waals surface area contributed by atoms with Gasteiger partial charge >= 0.3 is 0 Å². The van der Waals surface area contributed by atoms with Crippen molar-refractivity contribution in [3.05, 3.63) is 60.7 Å². The van der Waals surface area contributed by atoms with E-state index in [9.17, 15) is 0 Å². The summed E-state index contributed by atoms with van der Waals surface area (Å²) in [6.07, 6.45) is 3.24. The first-order valence-corrected chi connectivity index (χ1v) is 11.9. The highest BCUT2D eigenvalue weighted by Crippen LogP contribution is 2.36. The molecule has 0 aromatic heterocycles. The number of hydrogen-bond acceptors (Lipinski definition) is 3. The fraction of sp³-hybridized carbons (Fsp3) is 0.478. The average Bonchev–Trinajstić information content (AvgIpc) is 2.69. The Kier molecular flexibility index (Phi) is 6.87. The predicted octanol–water partition coefficient (Wildman–Crippen LogP) is 4.11. The van der Waals surface area contributed by atoms with Crippen molar-refractivity contribution in [3.8, 4) is 0 Å². The van der Waals surface area contributed by atoms with Gasteiger partial charge in [-0.2, -0.15) is 0 Å². The Balaban J connectivity index is 1.83. The third-order valence-corrected chi connectivity index (χ3v) is 10.3. The summed E-state index contributed by atoms with van der Waals surface area (Å²) in [5.41, 5.74) is 0. The Bertz CT molecular complexity index is 636. The Morgan fingerprint density at radius 2 is 1.48 bits per heavy atom. The van der Waals surface area contributed by atoms with Gasteiger partial charge in [-0.05, 0) is 34.7 Å². The number of hydrogen-bond donors (Lipinski definition) is 0. The van der Waals surface area contributed by atoms with Gasteiger partial charge in [0.15, 0.2) is 6.29 Å². The Labute approximate surface area is 164 Å². The lowest BCUT2D eigenvalue weighted by Gasteiger charge is -2.43. The van der Waals surface area contributed by atoms with E-state index in [1.165, 1.54) is 16.8 Å². The summed E-state index contributed by atoms with van der Waals surface area (Å²) in [6, 6.07) is 21.5. The zero-order valence-electron chi connectivity index (χ0n) is 16.8. The topological polar surface area (TPSA) is 27.7 Å². The lowest BCUT2D eigenvalue weighted by atomic mass is 10.2. The largest absolute Gasteiger partial charge is 0.405 e. The van der Waals surface area contributed by atoms with Gasteiger partial charge in [-0.25, -0.2) is 0 Å². The molecule has 0 amide bonds. The zero-order chi connectivity index (χ0) is 19.2. The minimum atomic E-state index is -2.46. The summed E-state index contributed by atoms with van der Waals surface area (Å²) in [5, 5.41) is 2.60. The van der Waals surface area contributed by atoms with Crippen LogP contribution in [0.3, 0.4) is 0 Å². The number of rotatable bonds is 7. The minimum absolute atomic E-state index is 0.00293. The van der Waals surface area contributed by atoms with E-state index >= 15 is 0 Å². The summed E-state index contributed by atoms with van der Waals surface area (Å²) in [6.45, 7) is 8.83. The van der Waals surface area contributed by atoms with E-state index in [1.807, 2.05) is 0 Å². The van der Waals surface area contributed by atoms with Gasteiger partial charge in [0.1, 0.15) is 0 Å². The maximum absolute atomic E-state index is 6.82. The lowest BCUT2D eigenvalue weighted by molar-refractivity contribution is -0.165. The summed E-state index contributed by atoms with van der Waals surface area (Å²) in [5.74, 6) is 0. The molecule has 0 bridgehead atoms. The van der Waals surface area contributed by atoms with Crippen molar-refractivity contribution in [1.29, 1.82) is 0 Å². The molecular weight excluding hydrogens is 352 g/mol. The fourth-order valence-corrected chi connectivity index (χ4v) is 8.52. The van der Waals surface area contributed by atoms with Gasteiger partial charge in [0, 0.05) is 6.61 Å². The highest BCUT2D eigenvalue weighted by atomic mass is 28.4. The second-order valence-corrected chi connectivity index (χ2v) is 12.5. The summed E-state index contributed by atoms with van der Waals surface area (Å²) in [7, 11) is -2.46. The Morgan fingerprint density at radius 3 is 1.96 bits per heavy atom. The third-order valence-electron chi connectivity index (χ3n) is 5.26. The molecule has 1 aliphatic rings. The highest BCUT2D eigenvalue weighted by molar-refractivity contribution is 6.99. The van der Waals surface area contributed by atoms with Crippen LogP contribution in [0.1, 0.15) is 40.0 Å². The van der Waals surface area contributed by atoms with Crippen LogP contribution in [-0.2, 0) is 13.9 Å². The van der Waals surface area contributed by atoms with Crippen LogP contribution in [0.4, 0.5) is 0 Å². The summed E-state index contributed by atoms with van der Waals surface area (Å²) >= 11 is 0. The Morgan fingerprint density at radius 1 is 0.889 bits per heavy atom. The van der Waals surface area contributed by atoms with Crippen LogP contribution in [0, 0.1) is 0 Å². The van der Waals surface area contributed by atoms with Gasteiger partial charge in [-0.15, -0.1) is 0 Å². The van der Waals surface area contributed by atoms with Crippen molar-refractivity contribution in [2.45, 2.75) is 51.4 Å². The number of benzene rings is 2. The summed E-state index contributed by atoms with van der Waals surface area (Å²) in [4.78, 5) is 0. The van der Waals surface area contributed by atoms with Crippen LogP contribution in [0.5, 0.6) is 0 Å². The molecule has 1 aliphatic heterocycles. The molecule has 0 spiro atoms. The molecule has 0 N–H and O–H groups in total. The third kappa shape index (κ3) is 4.69. The molecule has 3 rings (SSSR count). The molecule has 4 heteroatoms. The normalized spacial score (nSPS) is 18.4. The van der Waals surface area contributed by atoms with E-state index in [1.54, 1.807) is 0 Å². The lowest BCUT2D eigenvalue weighted by Crippen LogP contribution is -2.66. The van der Waals surface area contributed by atoms with Gasteiger partial charge in [0.25, 0.3) is 8.32 Å². The van der Waals surface area contributed by atoms with Crippen LogP contribution < -0.4 is 10.4 Å². The van der Waals surface area contributed by atoms with Crippen molar-refractivity contribution in [3.63, 3.8) is 0 Å². The first-order chi connectivity index (χ1) is 13.0. The zero-order valence-corrected chi connectivity index (χ0v) is 17.8. The molecule has 27 heavy (non-hydrogen) atoms. The van der Waals surface area contributed by atoms with Crippen molar-refractivity contribution in [1.82, 2.24) is 0 Å². The molecule has 1 atom stereocenters. The molecule has 0 radical (unpaired) electrons. The van der Waals surface area contributed by atoms with E-state index < -0.39 is 8.32 Å². The van der Waals surface area contributed by atoms with Crippen LogP contribution in [0.15, 0.2) is 60.7 Å². The first-order valence-electron chi connectivity index (χ1n) is 10.0. The van der Waals surface area contributed by atoms with Crippen molar-refractivity contribution in [2.24, 2.45) is 0 Å². The van der Waals surface area contributed by atoms with Gasteiger partial charge < -0.3 is 13.9 Å². The van der Waals surface area contributed by atoms with Crippen LogP contribution in [0.25, 0.3) is 0 Å². The molecule has 0 aliphatic carbocycles. The van der Waals surface area contributed by atoms with Crippen molar-refractivity contribution in [2.75, 3.05) is 19.8 Å². The molecular formula is C23H32O3Si. The van der Waals surface area contributed by atoms with Crippen LogP contribution in [0.2, 0.25) is 5.04 Å². The quantitative estimate of drug-likeness (QED) is 0.531. The fourth-order valence-electron chi connectivity index (χ4n) is 3.98. The highest BCUT2D eigenvalue weighted by Gasteiger charge is 2.50. The minimum Gasteiger partial charge on any atom is -0.405 e. The molecule has 1 saturated heterocycles. The first kappa shape index (κ1) is 20.3. The van der Waals surface area contributed by atoms with Gasteiger partial charge in [-0.3, -0.25) is 0 Å². The van der Waals surface area contributed by atoms with E-state index in [2.05, 4.69) is 81.4 Å². The monoisotopic (exact) mass is 384 g/mol. The molecule has 1 unspecified atom stereocenters. The second kappa shape index (κ2) is 9.15. The molecule has 3 nitrogen and oxygen atoms in total. The smallest absolute Gasteiger partial charge is 0.261 e. The molecule has 1 fully saturated rings. The van der Waals surface area contributed by atoms with Gasteiger partial charge in [0.05, 0.1) is 13.2 Å². The molecule has 146 valence electrons. The predicted molar refractivity (Wildman–Crippen MR) is 113 cm³/mol. The average molecular weight is 385 g/mol. The van der Waals surface area contributed by atoms with Crippen molar-refractivity contribution >= 4 is 18.7 Å². The standard InChI is InChI=1S/C23H32O3Si/c1-23(2,3)27(20-12-6-4-7-13-20,21-14-8-5-9-15-21)26-19-18-25-22-16-10-11-17-24-22/h4-9,12-15,22H,10-11,16-19H2,1-3H3. The molecule has 1 heterocycles. The summed E-state index contributed by atoms with van der Waals surface area (Å²) < 4.78 is 18.4. The van der Waals surface area contributed by atoms with E-state index in [4.69, 9.17) is 13.9 Å². The van der Waals surface area contributed by atoms with E-state index in [0.29, 0.717) is 13.2 Å². The molecule has 2 aromatic rings. The SMILES string of the molecule is CC(C)(C)[Si](OCCOC1CCCCO1)(c1ccccc1)c1ccccc1. The van der Waals surface area contributed by atoms with Crippen LogP contribution >= 0.6 is 0 Å². The maximum atomic E-state index is 6.82. The van der Waals surface area contributed by atoms with E-state index in [0.717, 1.165) is 19.4 Å². The second-order valence-electron chi connectivity index (χ2n) is 8.18. The van der Waals surface area contributed by atoms with Gasteiger partial charge in [0.2, 0.25) is 0 Å². The molecule has 2 aromatic carbocycles. The van der Waals surface area contributed by atoms with Crippen LogP contribution in [-0.4, -0.2) is 34.4 Å². The maximum Gasteiger partial charge on any atom is 0.261 e. The van der Waals surface area contributed by atoms with Crippen molar-refractivity contribution < 1.29 is 13.9 Å². The van der Waals surface area contributed by atoms with Gasteiger partial charge in [-0.1, -0.05) is 81.4 Å². The van der Waals surface area contributed by atoms with E-state index in [-0.39, 0.29) is 11.3 Å². The molecule has 0 saturated carbocycles.